The van der Waals surface area contributed by atoms with Crippen molar-refractivity contribution in [1.82, 2.24) is 0 Å². The van der Waals surface area contributed by atoms with Gasteiger partial charge in [-0.3, -0.25) is 4.79 Å². The molecule has 1 aromatic rings. The van der Waals surface area contributed by atoms with Crippen LogP contribution in [-0.2, 0) is 14.3 Å². The maximum atomic E-state index is 11.3. The topological polar surface area (TPSA) is 78.6 Å². The SMILES string of the molecule is CCOC(=O)C(Oc1ccccc1)C(N)=O. The van der Waals surface area contributed by atoms with Gasteiger partial charge >= 0.3 is 5.97 Å². The average molecular weight is 223 g/mol. The van der Waals surface area contributed by atoms with E-state index in [2.05, 4.69) is 4.74 Å². The fourth-order valence-electron chi connectivity index (χ4n) is 1.08. The van der Waals surface area contributed by atoms with E-state index in [1.807, 2.05) is 0 Å². The zero-order valence-corrected chi connectivity index (χ0v) is 8.88. The number of esters is 1. The van der Waals surface area contributed by atoms with Gasteiger partial charge in [-0.1, -0.05) is 18.2 Å². The molecular weight excluding hydrogens is 210 g/mol. The molecule has 16 heavy (non-hydrogen) atoms. The molecule has 1 unspecified atom stereocenters. The molecule has 0 radical (unpaired) electrons. The van der Waals surface area contributed by atoms with Crippen LogP contribution in [0.2, 0.25) is 0 Å². The highest BCUT2D eigenvalue weighted by molar-refractivity contribution is 6.00. The van der Waals surface area contributed by atoms with Crippen molar-refractivity contribution in [3.63, 3.8) is 0 Å². The van der Waals surface area contributed by atoms with Gasteiger partial charge in [-0.05, 0) is 19.1 Å². The van der Waals surface area contributed by atoms with Crippen molar-refractivity contribution in [2.75, 3.05) is 6.61 Å². The molecule has 1 aromatic carbocycles. The minimum atomic E-state index is -1.40. The maximum absolute atomic E-state index is 11.3. The first kappa shape index (κ1) is 12.0. The first-order valence-electron chi connectivity index (χ1n) is 4.82. The van der Waals surface area contributed by atoms with Crippen LogP contribution in [0, 0.1) is 0 Å². The van der Waals surface area contributed by atoms with Crippen LogP contribution in [0.1, 0.15) is 6.92 Å². The molecule has 0 aliphatic heterocycles. The van der Waals surface area contributed by atoms with Gasteiger partial charge in [-0.25, -0.2) is 4.79 Å². The Labute approximate surface area is 93.1 Å². The molecule has 2 N–H and O–H groups in total. The van der Waals surface area contributed by atoms with Crippen LogP contribution in [-0.4, -0.2) is 24.6 Å². The van der Waals surface area contributed by atoms with Crippen LogP contribution in [0.4, 0.5) is 0 Å². The lowest BCUT2D eigenvalue weighted by Gasteiger charge is -2.14. The van der Waals surface area contributed by atoms with Crippen LogP contribution < -0.4 is 10.5 Å². The molecule has 86 valence electrons. The number of ether oxygens (including phenoxy) is 2. The molecule has 0 saturated heterocycles. The molecule has 5 heteroatoms. The smallest absolute Gasteiger partial charge is 0.357 e. The Kier molecular flexibility index (Phi) is 4.32. The van der Waals surface area contributed by atoms with Crippen molar-refractivity contribution in [3.8, 4) is 5.75 Å². The predicted octanol–water partition coefficient (Wildman–Crippen LogP) is 0.482. The van der Waals surface area contributed by atoms with E-state index in [1.165, 1.54) is 0 Å². The number of para-hydroxylation sites is 1. The van der Waals surface area contributed by atoms with Gasteiger partial charge in [0, 0.05) is 0 Å². The second-order valence-electron chi connectivity index (χ2n) is 2.97. The quantitative estimate of drug-likeness (QED) is 0.581. The van der Waals surface area contributed by atoms with Gasteiger partial charge < -0.3 is 15.2 Å². The van der Waals surface area contributed by atoms with Crippen molar-refractivity contribution < 1.29 is 19.1 Å². The molecule has 0 aliphatic carbocycles. The van der Waals surface area contributed by atoms with Gasteiger partial charge in [0.2, 0.25) is 0 Å². The average Bonchev–Trinajstić information content (AvgIpc) is 2.27. The Balaban J connectivity index is 2.73. The third-order valence-electron chi connectivity index (χ3n) is 1.76. The van der Waals surface area contributed by atoms with Crippen molar-refractivity contribution in [2.24, 2.45) is 5.73 Å². The van der Waals surface area contributed by atoms with Gasteiger partial charge in [-0.15, -0.1) is 0 Å². The van der Waals surface area contributed by atoms with Crippen molar-refractivity contribution in [2.45, 2.75) is 13.0 Å². The molecule has 1 atom stereocenters. The first-order chi connectivity index (χ1) is 7.65. The summed E-state index contributed by atoms with van der Waals surface area (Å²) in [5.74, 6) is -1.26. The number of primary amides is 1. The molecule has 5 nitrogen and oxygen atoms in total. The monoisotopic (exact) mass is 223 g/mol. The highest BCUT2D eigenvalue weighted by Gasteiger charge is 2.27. The largest absolute Gasteiger partial charge is 0.469 e. The van der Waals surface area contributed by atoms with E-state index in [-0.39, 0.29) is 6.61 Å². The lowest BCUT2D eigenvalue weighted by Crippen LogP contribution is -2.41. The maximum Gasteiger partial charge on any atom is 0.357 e. The Morgan fingerprint density at radius 2 is 1.94 bits per heavy atom. The number of benzene rings is 1. The Morgan fingerprint density at radius 1 is 1.31 bits per heavy atom. The molecule has 0 heterocycles. The van der Waals surface area contributed by atoms with Gasteiger partial charge in [0.25, 0.3) is 12.0 Å². The molecule has 0 aromatic heterocycles. The molecule has 0 fully saturated rings. The molecule has 1 amide bonds. The summed E-state index contributed by atoms with van der Waals surface area (Å²) in [5.41, 5.74) is 5.05. The highest BCUT2D eigenvalue weighted by atomic mass is 16.6. The predicted molar refractivity (Wildman–Crippen MR) is 56.7 cm³/mol. The third-order valence-corrected chi connectivity index (χ3v) is 1.76. The summed E-state index contributed by atoms with van der Waals surface area (Å²) in [6, 6.07) is 8.47. The third kappa shape index (κ3) is 3.27. The number of amides is 1. The number of nitrogens with two attached hydrogens (primary N) is 1. The van der Waals surface area contributed by atoms with E-state index in [4.69, 9.17) is 10.5 Å². The number of carbonyl (C=O) groups excluding carboxylic acids is 2. The molecule has 0 saturated carbocycles. The van der Waals surface area contributed by atoms with E-state index in [0.717, 1.165) is 0 Å². The first-order valence-corrected chi connectivity index (χ1v) is 4.82. The van der Waals surface area contributed by atoms with Crippen molar-refractivity contribution in [3.05, 3.63) is 30.3 Å². The second-order valence-corrected chi connectivity index (χ2v) is 2.97. The zero-order chi connectivity index (χ0) is 12.0. The minimum absolute atomic E-state index is 0.167. The highest BCUT2D eigenvalue weighted by Crippen LogP contribution is 2.11. The Hall–Kier alpha value is -2.04. The molecule has 0 bridgehead atoms. The van der Waals surface area contributed by atoms with E-state index < -0.39 is 18.0 Å². The van der Waals surface area contributed by atoms with Gasteiger partial charge in [0.1, 0.15) is 5.75 Å². The number of hydrogen-bond acceptors (Lipinski definition) is 4. The van der Waals surface area contributed by atoms with Crippen LogP contribution in [0.5, 0.6) is 5.75 Å². The Bertz CT molecular complexity index is 364. The van der Waals surface area contributed by atoms with Gasteiger partial charge in [0.05, 0.1) is 6.61 Å². The number of carbonyl (C=O) groups is 2. The summed E-state index contributed by atoms with van der Waals surface area (Å²) >= 11 is 0. The summed E-state index contributed by atoms with van der Waals surface area (Å²) in [5, 5.41) is 0. The normalized spacial score (nSPS) is 11.6. The van der Waals surface area contributed by atoms with Crippen LogP contribution >= 0.6 is 0 Å². The van der Waals surface area contributed by atoms with E-state index in [0.29, 0.717) is 5.75 Å². The number of rotatable bonds is 5. The molecule has 1 rings (SSSR count). The van der Waals surface area contributed by atoms with Gasteiger partial charge in [-0.2, -0.15) is 0 Å². The lowest BCUT2D eigenvalue weighted by atomic mass is 10.3. The second kappa shape index (κ2) is 5.75. The Morgan fingerprint density at radius 3 is 2.44 bits per heavy atom. The van der Waals surface area contributed by atoms with Crippen LogP contribution in [0.25, 0.3) is 0 Å². The molecule has 0 spiro atoms. The van der Waals surface area contributed by atoms with E-state index >= 15 is 0 Å². The van der Waals surface area contributed by atoms with Crippen molar-refractivity contribution in [1.29, 1.82) is 0 Å². The standard InChI is InChI=1S/C11H13NO4/c1-2-15-11(14)9(10(12)13)16-8-6-4-3-5-7-8/h3-7,9H,2H2,1H3,(H2,12,13). The fraction of sp³-hybridized carbons (Fsp3) is 0.273. The fourth-order valence-corrected chi connectivity index (χ4v) is 1.08. The minimum Gasteiger partial charge on any atom is -0.469 e. The summed E-state index contributed by atoms with van der Waals surface area (Å²) < 4.78 is 9.81. The lowest BCUT2D eigenvalue weighted by molar-refractivity contribution is -0.155. The summed E-state index contributed by atoms with van der Waals surface area (Å²) in [6.45, 7) is 1.80. The number of hydrogen-bond donors (Lipinski definition) is 1. The van der Waals surface area contributed by atoms with Crippen molar-refractivity contribution >= 4 is 11.9 Å². The van der Waals surface area contributed by atoms with Gasteiger partial charge in [0.15, 0.2) is 0 Å². The van der Waals surface area contributed by atoms with E-state index in [1.54, 1.807) is 37.3 Å². The van der Waals surface area contributed by atoms with Crippen LogP contribution in [0.3, 0.4) is 0 Å². The molecular formula is C11H13NO4. The summed E-state index contributed by atoms with van der Waals surface area (Å²) in [6.07, 6.45) is -1.40. The molecule has 0 aliphatic rings. The summed E-state index contributed by atoms with van der Waals surface area (Å²) in [4.78, 5) is 22.4. The summed E-state index contributed by atoms with van der Waals surface area (Å²) in [7, 11) is 0. The van der Waals surface area contributed by atoms with E-state index in [9.17, 15) is 9.59 Å². The zero-order valence-electron chi connectivity index (χ0n) is 8.88. The van der Waals surface area contributed by atoms with Crippen LogP contribution in [0.15, 0.2) is 30.3 Å².